The van der Waals surface area contributed by atoms with Crippen LogP contribution >= 0.6 is 0 Å². The van der Waals surface area contributed by atoms with E-state index in [1.54, 1.807) is 45.3 Å². The van der Waals surface area contributed by atoms with Gasteiger partial charge in [0.2, 0.25) is 0 Å². The van der Waals surface area contributed by atoms with Crippen LogP contribution in [0.15, 0.2) is 24.3 Å². The molecule has 5 nitrogen and oxygen atoms in total. The molecule has 17 heavy (non-hydrogen) atoms. The number of rotatable bonds is 6. The van der Waals surface area contributed by atoms with Crippen molar-refractivity contribution in [3.63, 3.8) is 0 Å². The first-order valence-electron chi connectivity index (χ1n) is 5.21. The lowest BCUT2D eigenvalue weighted by Crippen LogP contribution is -2.52. The van der Waals surface area contributed by atoms with Gasteiger partial charge >= 0.3 is 5.97 Å². The van der Waals surface area contributed by atoms with Gasteiger partial charge in [-0.3, -0.25) is 4.79 Å². The summed E-state index contributed by atoms with van der Waals surface area (Å²) in [6, 6.07) is 7.03. The summed E-state index contributed by atoms with van der Waals surface area (Å²) >= 11 is 0. The van der Waals surface area contributed by atoms with Gasteiger partial charge in [-0.1, -0.05) is 6.07 Å². The van der Waals surface area contributed by atoms with Gasteiger partial charge in [-0.25, -0.2) is 0 Å². The maximum atomic E-state index is 11.0. The van der Waals surface area contributed by atoms with Crippen molar-refractivity contribution >= 4 is 5.97 Å². The number of aliphatic carboxylic acids is 1. The highest BCUT2D eigenvalue weighted by Crippen LogP contribution is 2.19. The van der Waals surface area contributed by atoms with E-state index in [9.17, 15) is 4.79 Å². The predicted octanol–water partition coefficient (Wildman–Crippen LogP) is 1.14. The largest absolute Gasteiger partial charge is 0.497 e. The van der Waals surface area contributed by atoms with E-state index < -0.39 is 11.5 Å². The summed E-state index contributed by atoms with van der Waals surface area (Å²) in [4.78, 5) is 11.0. The fraction of sp³-hybridized carbons (Fsp3) is 0.417. The number of benzene rings is 1. The van der Waals surface area contributed by atoms with E-state index in [-0.39, 0.29) is 6.61 Å². The van der Waals surface area contributed by atoms with Crippen LogP contribution in [0.1, 0.15) is 6.92 Å². The van der Waals surface area contributed by atoms with Crippen LogP contribution in [-0.4, -0.2) is 37.4 Å². The van der Waals surface area contributed by atoms with Gasteiger partial charge in [0.1, 0.15) is 23.6 Å². The molecule has 0 saturated heterocycles. The number of carbonyl (C=O) groups is 1. The maximum Gasteiger partial charge on any atom is 0.327 e. The number of methoxy groups -OCH3 is 1. The van der Waals surface area contributed by atoms with Crippen molar-refractivity contribution in [3.05, 3.63) is 24.3 Å². The average molecular weight is 239 g/mol. The molecule has 0 saturated carbocycles. The van der Waals surface area contributed by atoms with Crippen LogP contribution in [-0.2, 0) is 4.79 Å². The molecule has 0 radical (unpaired) electrons. The minimum Gasteiger partial charge on any atom is -0.497 e. The maximum absolute atomic E-state index is 11.0. The van der Waals surface area contributed by atoms with E-state index in [4.69, 9.17) is 14.6 Å². The molecule has 1 atom stereocenters. The second-order valence-electron chi connectivity index (χ2n) is 3.85. The lowest BCUT2D eigenvalue weighted by molar-refractivity contribution is -0.145. The van der Waals surface area contributed by atoms with Crippen molar-refractivity contribution < 1.29 is 19.4 Å². The molecule has 0 aliphatic rings. The van der Waals surface area contributed by atoms with Gasteiger partial charge < -0.3 is 19.9 Å². The van der Waals surface area contributed by atoms with Crippen molar-refractivity contribution in [3.8, 4) is 11.5 Å². The third-order valence-electron chi connectivity index (χ3n) is 2.59. The van der Waals surface area contributed by atoms with Gasteiger partial charge in [0.25, 0.3) is 0 Å². The molecule has 0 aliphatic heterocycles. The summed E-state index contributed by atoms with van der Waals surface area (Å²) in [5, 5.41) is 11.8. The minimum atomic E-state index is -1.11. The van der Waals surface area contributed by atoms with Crippen molar-refractivity contribution in [2.45, 2.75) is 12.5 Å². The molecule has 1 unspecified atom stereocenters. The van der Waals surface area contributed by atoms with Gasteiger partial charge in [-0.2, -0.15) is 0 Å². The van der Waals surface area contributed by atoms with Crippen LogP contribution in [0.4, 0.5) is 0 Å². The number of carboxylic acid groups (broad SMARTS) is 1. The average Bonchev–Trinajstić information content (AvgIpc) is 2.36. The Bertz CT molecular complexity index is 394. The monoisotopic (exact) mass is 239 g/mol. The standard InChI is InChI=1S/C12H17NO4/c1-12(13-2,11(14)15)8-17-10-6-4-5-9(7-10)16-3/h4-7,13H,8H2,1-3H3,(H,14,15). The quantitative estimate of drug-likeness (QED) is 0.779. The lowest BCUT2D eigenvalue weighted by atomic mass is 10.1. The van der Waals surface area contributed by atoms with E-state index >= 15 is 0 Å². The molecule has 0 heterocycles. The van der Waals surface area contributed by atoms with Crippen LogP contribution in [0.2, 0.25) is 0 Å². The summed E-state index contributed by atoms with van der Waals surface area (Å²) in [6.07, 6.45) is 0. The second kappa shape index (κ2) is 5.54. The third-order valence-corrected chi connectivity index (χ3v) is 2.59. The Morgan fingerprint density at radius 1 is 1.47 bits per heavy atom. The molecule has 0 fully saturated rings. The van der Waals surface area contributed by atoms with E-state index in [0.717, 1.165) is 0 Å². The predicted molar refractivity (Wildman–Crippen MR) is 63.6 cm³/mol. The Hall–Kier alpha value is -1.75. The highest BCUT2D eigenvalue weighted by atomic mass is 16.5. The lowest BCUT2D eigenvalue weighted by Gasteiger charge is -2.24. The summed E-state index contributed by atoms with van der Waals surface area (Å²) in [7, 11) is 3.15. The van der Waals surface area contributed by atoms with Gasteiger partial charge in [-0.05, 0) is 26.1 Å². The Balaban J connectivity index is 2.69. The van der Waals surface area contributed by atoms with E-state index in [2.05, 4.69) is 5.32 Å². The van der Waals surface area contributed by atoms with Gasteiger partial charge in [0, 0.05) is 6.07 Å². The van der Waals surface area contributed by atoms with Gasteiger partial charge in [0.05, 0.1) is 7.11 Å². The molecule has 94 valence electrons. The molecular formula is C12H17NO4. The van der Waals surface area contributed by atoms with Crippen LogP contribution in [0.25, 0.3) is 0 Å². The molecule has 0 bridgehead atoms. The van der Waals surface area contributed by atoms with Crippen LogP contribution in [0, 0.1) is 0 Å². The molecule has 1 aromatic carbocycles. The van der Waals surface area contributed by atoms with Crippen molar-refractivity contribution in [1.82, 2.24) is 5.32 Å². The summed E-state index contributed by atoms with van der Waals surface area (Å²) in [6.45, 7) is 1.60. The number of hydrogen-bond donors (Lipinski definition) is 2. The highest BCUT2D eigenvalue weighted by molar-refractivity contribution is 5.78. The normalized spacial score (nSPS) is 13.8. The molecular weight excluding hydrogens is 222 g/mol. The zero-order valence-electron chi connectivity index (χ0n) is 10.2. The van der Waals surface area contributed by atoms with Crippen molar-refractivity contribution in [1.29, 1.82) is 0 Å². The number of ether oxygens (including phenoxy) is 2. The zero-order valence-corrected chi connectivity index (χ0v) is 10.2. The smallest absolute Gasteiger partial charge is 0.327 e. The number of hydrogen-bond acceptors (Lipinski definition) is 4. The summed E-state index contributed by atoms with van der Waals surface area (Å²) in [5.41, 5.74) is -1.11. The van der Waals surface area contributed by atoms with Crippen molar-refractivity contribution in [2.24, 2.45) is 0 Å². The topological polar surface area (TPSA) is 67.8 Å². The third kappa shape index (κ3) is 3.35. The van der Waals surface area contributed by atoms with Crippen molar-refractivity contribution in [2.75, 3.05) is 20.8 Å². The second-order valence-corrected chi connectivity index (χ2v) is 3.85. The summed E-state index contributed by atoms with van der Waals surface area (Å²) < 4.78 is 10.5. The van der Waals surface area contributed by atoms with Crippen LogP contribution < -0.4 is 14.8 Å². The number of carboxylic acids is 1. The zero-order chi connectivity index (χ0) is 12.9. The Morgan fingerprint density at radius 2 is 2.12 bits per heavy atom. The molecule has 0 aliphatic carbocycles. The molecule has 5 heteroatoms. The Morgan fingerprint density at radius 3 is 2.65 bits per heavy atom. The molecule has 0 amide bonds. The first-order chi connectivity index (χ1) is 8.01. The van der Waals surface area contributed by atoms with E-state index in [0.29, 0.717) is 11.5 Å². The Kier molecular flexibility index (Phi) is 4.34. The molecule has 1 aromatic rings. The molecule has 1 rings (SSSR count). The number of likely N-dealkylation sites (N-methyl/N-ethyl adjacent to an activating group) is 1. The SMILES string of the molecule is CNC(C)(COc1cccc(OC)c1)C(=O)O. The van der Waals surface area contributed by atoms with E-state index in [1.165, 1.54) is 0 Å². The fourth-order valence-electron chi connectivity index (χ4n) is 1.16. The van der Waals surface area contributed by atoms with Crippen LogP contribution in [0.5, 0.6) is 11.5 Å². The van der Waals surface area contributed by atoms with Gasteiger partial charge in [0.15, 0.2) is 0 Å². The number of nitrogens with one attached hydrogen (secondary N) is 1. The van der Waals surface area contributed by atoms with Gasteiger partial charge in [-0.15, -0.1) is 0 Å². The Labute approximate surface area is 100 Å². The first-order valence-corrected chi connectivity index (χ1v) is 5.21. The minimum absolute atomic E-state index is 0.0337. The van der Waals surface area contributed by atoms with Crippen LogP contribution in [0.3, 0.4) is 0 Å². The fourth-order valence-corrected chi connectivity index (χ4v) is 1.16. The molecule has 2 N–H and O–H groups in total. The van der Waals surface area contributed by atoms with E-state index in [1.807, 2.05) is 0 Å². The summed E-state index contributed by atoms with van der Waals surface area (Å²) in [5.74, 6) is 0.291. The molecule has 0 aromatic heterocycles. The first kappa shape index (κ1) is 13.3. The molecule has 0 spiro atoms. The highest BCUT2D eigenvalue weighted by Gasteiger charge is 2.32.